The smallest absolute Gasteiger partial charge is 0.295 e. The largest absolute Gasteiger partial charge is 0.424 e. The minimum absolute atomic E-state index is 0.586. The lowest BCUT2D eigenvalue weighted by Crippen LogP contribution is -1.96. The fraction of sp³-hybridized carbons (Fsp3) is 0.214. The summed E-state index contributed by atoms with van der Waals surface area (Å²) in [5.74, 6) is 0. The van der Waals surface area contributed by atoms with Crippen LogP contribution in [0.2, 0.25) is 0 Å². The van der Waals surface area contributed by atoms with Crippen LogP contribution in [0.15, 0.2) is 40.8 Å². The summed E-state index contributed by atoms with van der Waals surface area (Å²) >= 11 is 1.83. The van der Waals surface area contributed by atoms with E-state index < -0.39 is 0 Å². The fourth-order valence-electron chi connectivity index (χ4n) is 1.82. The molecule has 1 N–H and O–H groups in total. The third-order valence-electron chi connectivity index (χ3n) is 2.77. The number of hydrogen-bond donors (Lipinski definition) is 1. The highest BCUT2D eigenvalue weighted by molar-refractivity contribution is 7.12. The predicted octanol–water partition coefficient (Wildman–Crippen LogP) is 4.06. The molecule has 0 aliphatic rings. The standard InChI is InChI=1S/C14H14N2OS/c1-2-10-7-8-11(18-10)9-15-14-16-12-5-3-4-6-13(12)17-14/h3-8H,2,9H2,1H3,(H,15,16). The van der Waals surface area contributed by atoms with Crippen molar-refractivity contribution in [3.05, 3.63) is 46.2 Å². The lowest BCUT2D eigenvalue weighted by molar-refractivity contribution is 0.615. The molecule has 0 fully saturated rings. The Hall–Kier alpha value is -1.81. The van der Waals surface area contributed by atoms with Gasteiger partial charge in [0.1, 0.15) is 5.52 Å². The van der Waals surface area contributed by atoms with Gasteiger partial charge >= 0.3 is 0 Å². The molecule has 3 nitrogen and oxygen atoms in total. The zero-order chi connectivity index (χ0) is 12.4. The van der Waals surface area contributed by atoms with Crippen LogP contribution in [-0.4, -0.2) is 4.98 Å². The zero-order valence-corrected chi connectivity index (χ0v) is 11.0. The van der Waals surface area contributed by atoms with Crippen molar-refractivity contribution in [2.24, 2.45) is 0 Å². The topological polar surface area (TPSA) is 38.1 Å². The number of aromatic nitrogens is 1. The average molecular weight is 258 g/mol. The molecule has 2 aromatic heterocycles. The number of hydrogen-bond acceptors (Lipinski definition) is 4. The lowest BCUT2D eigenvalue weighted by atomic mass is 10.3. The Labute approximate surface area is 109 Å². The monoisotopic (exact) mass is 258 g/mol. The number of anilines is 1. The molecule has 3 rings (SSSR count). The summed E-state index contributed by atoms with van der Waals surface area (Å²) in [5, 5.41) is 3.22. The quantitative estimate of drug-likeness (QED) is 0.766. The number of oxazole rings is 1. The van der Waals surface area contributed by atoms with Crippen molar-refractivity contribution in [3.8, 4) is 0 Å². The molecule has 0 saturated carbocycles. The van der Waals surface area contributed by atoms with Gasteiger partial charge in [-0.2, -0.15) is 4.98 Å². The first-order chi connectivity index (χ1) is 8.85. The van der Waals surface area contributed by atoms with Crippen molar-refractivity contribution in [3.63, 3.8) is 0 Å². The number of aryl methyl sites for hydroxylation is 1. The molecule has 0 atom stereocenters. The number of benzene rings is 1. The van der Waals surface area contributed by atoms with Crippen LogP contribution >= 0.6 is 11.3 Å². The van der Waals surface area contributed by atoms with Crippen LogP contribution in [0.25, 0.3) is 11.1 Å². The summed E-state index contributed by atoms with van der Waals surface area (Å²) in [4.78, 5) is 7.09. The molecule has 2 heterocycles. The molecule has 1 aromatic carbocycles. The van der Waals surface area contributed by atoms with E-state index in [1.807, 2.05) is 35.6 Å². The van der Waals surface area contributed by atoms with Crippen molar-refractivity contribution in [1.82, 2.24) is 4.98 Å². The van der Waals surface area contributed by atoms with Gasteiger partial charge in [0.15, 0.2) is 5.58 Å². The van der Waals surface area contributed by atoms with E-state index in [1.54, 1.807) is 0 Å². The highest BCUT2D eigenvalue weighted by Gasteiger charge is 2.05. The normalized spacial score (nSPS) is 10.9. The van der Waals surface area contributed by atoms with Gasteiger partial charge in [0.2, 0.25) is 0 Å². The second-order valence-electron chi connectivity index (χ2n) is 4.06. The molecule has 18 heavy (non-hydrogen) atoms. The van der Waals surface area contributed by atoms with Crippen LogP contribution in [0.5, 0.6) is 0 Å². The number of nitrogens with zero attached hydrogens (tertiary/aromatic N) is 1. The maximum Gasteiger partial charge on any atom is 0.295 e. The molecular weight excluding hydrogens is 244 g/mol. The second kappa shape index (κ2) is 4.82. The number of nitrogens with one attached hydrogen (secondary N) is 1. The van der Waals surface area contributed by atoms with Crippen molar-refractivity contribution >= 4 is 28.5 Å². The van der Waals surface area contributed by atoms with Gasteiger partial charge in [-0.25, -0.2) is 0 Å². The minimum Gasteiger partial charge on any atom is -0.424 e. The molecule has 4 heteroatoms. The van der Waals surface area contributed by atoms with Crippen LogP contribution in [0.4, 0.5) is 6.01 Å². The van der Waals surface area contributed by atoms with Gasteiger partial charge in [-0.15, -0.1) is 11.3 Å². The van der Waals surface area contributed by atoms with E-state index in [2.05, 4.69) is 29.4 Å². The van der Waals surface area contributed by atoms with Crippen molar-refractivity contribution in [2.45, 2.75) is 19.9 Å². The minimum atomic E-state index is 0.586. The Morgan fingerprint density at radius 2 is 2.00 bits per heavy atom. The summed E-state index contributed by atoms with van der Waals surface area (Å²) in [6.45, 7) is 2.93. The Bertz CT molecular complexity index is 623. The average Bonchev–Trinajstić information content (AvgIpc) is 3.02. The molecule has 0 radical (unpaired) electrons. The van der Waals surface area contributed by atoms with E-state index in [9.17, 15) is 0 Å². The summed E-state index contributed by atoms with van der Waals surface area (Å²) < 4.78 is 5.61. The number of rotatable bonds is 4. The highest BCUT2D eigenvalue weighted by atomic mass is 32.1. The van der Waals surface area contributed by atoms with E-state index in [1.165, 1.54) is 9.75 Å². The second-order valence-corrected chi connectivity index (χ2v) is 5.31. The number of fused-ring (bicyclic) bond motifs is 1. The first-order valence-corrected chi connectivity index (χ1v) is 6.84. The lowest BCUT2D eigenvalue weighted by Gasteiger charge is -1.97. The summed E-state index contributed by atoms with van der Waals surface area (Å²) in [6, 6.07) is 12.7. The van der Waals surface area contributed by atoms with Gasteiger partial charge in [-0.1, -0.05) is 19.1 Å². The molecule has 0 spiro atoms. The molecule has 92 valence electrons. The fourth-order valence-corrected chi connectivity index (χ4v) is 2.72. The van der Waals surface area contributed by atoms with E-state index in [0.717, 1.165) is 24.1 Å². The van der Waals surface area contributed by atoms with Gasteiger partial charge in [0.05, 0.1) is 6.54 Å². The maximum atomic E-state index is 5.61. The summed E-state index contributed by atoms with van der Waals surface area (Å²) in [6.07, 6.45) is 1.09. The van der Waals surface area contributed by atoms with Crippen LogP contribution in [-0.2, 0) is 13.0 Å². The Balaban J connectivity index is 1.72. The van der Waals surface area contributed by atoms with Gasteiger partial charge in [-0.05, 0) is 30.7 Å². The summed E-state index contributed by atoms with van der Waals surface area (Å²) in [7, 11) is 0. The molecule has 0 aliphatic carbocycles. The number of para-hydroxylation sites is 2. The van der Waals surface area contributed by atoms with Crippen molar-refractivity contribution in [2.75, 3.05) is 5.32 Å². The summed E-state index contributed by atoms with van der Waals surface area (Å²) in [5.41, 5.74) is 1.71. The first-order valence-electron chi connectivity index (χ1n) is 6.02. The Morgan fingerprint density at radius 3 is 2.78 bits per heavy atom. The van der Waals surface area contributed by atoms with Gasteiger partial charge in [-0.3, -0.25) is 0 Å². The predicted molar refractivity (Wildman–Crippen MR) is 75.0 cm³/mol. The third kappa shape index (κ3) is 2.24. The van der Waals surface area contributed by atoms with E-state index in [4.69, 9.17) is 4.42 Å². The SMILES string of the molecule is CCc1ccc(CNc2nc3ccccc3o2)s1. The molecule has 0 amide bonds. The maximum absolute atomic E-state index is 5.61. The van der Waals surface area contributed by atoms with Crippen LogP contribution in [0.3, 0.4) is 0 Å². The van der Waals surface area contributed by atoms with Gasteiger partial charge in [0, 0.05) is 9.75 Å². The zero-order valence-electron chi connectivity index (χ0n) is 10.1. The third-order valence-corrected chi connectivity index (χ3v) is 4.00. The molecule has 0 aliphatic heterocycles. The molecular formula is C14H14N2OS. The van der Waals surface area contributed by atoms with E-state index >= 15 is 0 Å². The highest BCUT2D eigenvalue weighted by Crippen LogP contribution is 2.21. The molecule has 0 unspecified atom stereocenters. The van der Waals surface area contributed by atoms with Crippen LogP contribution < -0.4 is 5.32 Å². The first kappa shape index (κ1) is 11.3. The Kier molecular flexibility index (Phi) is 3.02. The van der Waals surface area contributed by atoms with Gasteiger partial charge < -0.3 is 9.73 Å². The molecule has 3 aromatic rings. The van der Waals surface area contributed by atoms with Crippen LogP contribution in [0, 0.1) is 0 Å². The van der Waals surface area contributed by atoms with Crippen molar-refractivity contribution < 1.29 is 4.42 Å². The van der Waals surface area contributed by atoms with Gasteiger partial charge in [0.25, 0.3) is 6.01 Å². The Morgan fingerprint density at radius 1 is 1.17 bits per heavy atom. The van der Waals surface area contributed by atoms with E-state index in [0.29, 0.717) is 6.01 Å². The molecule has 0 saturated heterocycles. The molecule has 0 bridgehead atoms. The van der Waals surface area contributed by atoms with Crippen LogP contribution in [0.1, 0.15) is 16.7 Å². The number of thiophene rings is 1. The van der Waals surface area contributed by atoms with E-state index in [-0.39, 0.29) is 0 Å². The van der Waals surface area contributed by atoms with Crippen molar-refractivity contribution in [1.29, 1.82) is 0 Å².